The molecule has 4 aromatic rings. The van der Waals surface area contributed by atoms with Gasteiger partial charge in [0.15, 0.2) is 0 Å². The summed E-state index contributed by atoms with van der Waals surface area (Å²) in [6.07, 6.45) is 5.73. The average Bonchev–Trinajstić information content (AvgIpc) is 3.51. The third-order valence-corrected chi connectivity index (χ3v) is 4.48. The molecule has 0 N–H and O–H groups in total. The minimum atomic E-state index is 0. The molecule has 1 aromatic heterocycles. The Morgan fingerprint density at radius 1 is 0.897 bits per heavy atom. The first-order chi connectivity index (χ1) is 13.9. The molecule has 1 heterocycles. The van der Waals surface area contributed by atoms with E-state index in [2.05, 4.69) is 29.5 Å². The summed E-state index contributed by atoms with van der Waals surface area (Å²) in [6.45, 7) is 0.616. The Morgan fingerprint density at radius 3 is 2.21 bits per heavy atom. The van der Waals surface area contributed by atoms with Crippen LogP contribution in [0.5, 0.6) is 5.75 Å². The van der Waals surface area contributed by atoms with Crippen molar-refractivity contribution in [1.82, 2.24) is 9.78 Å². The van der Waals surface area contributed by atoms with Crippen molar-refractivity contribution >= 4 is 0 Å². The van der Waals surface area contributed by atoms with E-state index in [-0.39, 0.29) is 51.4 Å². The van der Waals surface area contributed by atoms with Crippen LogP contribution in [0, 0.1) is 12.3 Å². The van der Waals surface area contributed by atoms with E-state index in [1.807, 2.05) is 83.5 Å². The van der Waals surface area contributed by atoms with Crippen LogP contribution >= 0.6 is 0 Å². The second-order valence-corrected chi connectivity index (χ2v) is 6.73. The first-order valence-corrected chi connectivity index (χ1v) is 9.54. The van der Waals surface area contributed by atoms with E-state index in [0.717, 1.165) is 11.4 Å². The van der Waals surface area contributed by atoms with Crippen LogP contribution in [0.25, 0.3) is 5.69 Å². The van der Waals surface area contributed by atoms with Crippen LogP contribution in [-0.4, -0.2) is 9.78 Å². The van der Waals surface area contributed by atoms with Crippen LogP contribution in [0.4, 0.5) is 0 Å². The molecule has 0 atom stereocenters. The van der Waals surface area contributed by atoms with E-state index in [0.29, 0.717) is 12.5 Å². The largest absolute Gasteiger partial charge is 1.00 e. The Kier molecular flexibility index (Phi) is 8.71. The molecule has 1 saturated carbocycles. The van der Waals surface area contributed by atoms with Crippen molar-refractivity contribution in [3.8, 4) is 11.4 Å². The summed E-state index contributed by atoms with van der Waals surface area (Å²) in [7, 11) is 0. The minimum absolute atomic E-state index is 0. The molecule has 5 rings (SSSR count). The van der Waals surface area contributed by atoms with E-state index in [9.17, 15) is 0 Å². The Bertz CT molecular complexity index is 928. The van der Waals surface area contributed by atoms with Crippen LogP contribution in [0.15, 0.2) is 91.0 Å². The number of nitrogens with zero attached hydrogens (tertiary/aromatic N) is 2. The maximum atomic E-state index is 5.57. The fourth-order valence-electron chi connectivity index (χ4n) is 2.79. The Morgan fingerprint density at radius 2 is 1.55 bits per heavy atom. The van der Waals surface area contributed by atoms with Crippen molar-refractivity contribution in [3.05, 3.63) is 115 Å². The van der Waals surface area contributed by atoms with E-state index in [4.69, 9.17) is 4.74 Å². The molecule has 3 aromatic carbocycles. The van der Waals surface area contributed by atoms with Gasteiger partial charge in [0, 0.05) is 5.75 Å². The molecule has 0 bridgehead atoms. The van der Waals surface area contributed by atoms with E-state index < -0.39 is 0 Å². The first kappa shape index (κ1) is 22.0. The van der Waals surface area contributed by atoms with Gasteiger partial charge in [-0.15, -0.1) is 18.2 Å². The van der Waals surface area contributed by atoms with Gasteiger partial charge in [0.2, 0.25) is 0 Å². The molecule has 1 fully saturated rings. The Balaban J connectivity index is 0.000000160. The molecule has 3 nitrogen and oxygen atoms in total. The molecular weight excluding hydrogens is 383 g/mol. The standard InChI is InChI=1S/C13H11O.C12H11N2.K/c1-3-7-12(8-4-1)11-14-13-9-5-2-6-10-13;1-2-4-11(5-3-1)14-9-8-12(13-14)10-6-7-10;/h1,3-10H,11H2;1-5,8,10H,6-7H2;/q2*-1;+1. The van der Waals surface area contributed by atoms with Gasteiger partial charge in [0.05, 0.1) is 0 Å². The van der Waals surface area contributed by atoms with E-state index in [1.54, 1.807) is 0 Å². The van der Waals surface area contributed by atoms with Crippen LogP contribution in [-0.2, 0) is 6.61 Å². The molecule has 4 heteroatoms. The van der Waals surface area contributed by atoms with Crippen molar-refractivity contribution < 1.29 is 56.1 Å². The summed E-state index contributed by atoms with van der Waals surface area (Å²) in [5, 5.41) is 4.50. The molecule has 0 aliphatic heterocycles. The number of para-hydroxylation sites is 1. The summed E-state index contributed by atoms with van der Waals surface area (Å²) in [5.74, 6) is 1.59. The summed E-state index contributed by atoms with van der Waals surface area (Å²) in [4.78, 5) is 0. The van der Waals surface area contributed by atoms with Crippen LogP contribution in [0.1, 0.15) is 30.0 Å². The average molecular weight is 406 g/mol. The van der Waals surface area contributed by atoms with Gasteiger partial charge in [0.25, 0.3) is 0 Å². The molecule has 0 saturated heterocycles. The second-order valence-electron chi connectivity index (χ2n) is 6.73. The Hall–Kier alpha value is -1.69. The number of rotatable bonds is 5. The predicted molar refractivity (Wildman–Crippen MR) is 110 cm³/mol. The molecule has 1 aliphatic carbocycles. The zero-order chi connectivity index (χ0) is 19.0. The molecule has 140 valence electrons. The first-order valence-electron chi connectivity index (χ1n) is 9.54. The number of benzene rings is 3. The van der Waals surface area contributed by atoms with Crippen molar-refractivity contribution in [2.45, 2.75) is 25.4 Å². The van der Waals surface area contributed by atoms with Gasteiger partial charge in [-0.1, -0.05) is 79.7 Å². The predicted octanol–water partition coefficient (Wildman–Crippen LogP) is 2.62. The zero-order valence-corrected chi connectivity index (χ0v) is 19.8. The number of hydrogen-bond donors (Lipinski definition) is 0. The van der Waals surface area contributed by atoms with Crippen LogP contribution < -0.4 is 56.1 Å². The second kappa shape index (κ2) is 11.5. The third-order valence-electron chi connectivity index (χ3n) is 4.48. The van der Waals surface area contributed by atoms with Gasteiger partial charge < -0.3 is 9.42 Å². The summed E-state index contributed by atoms with van der Waals surface area (Å²) in [6, 6.07) is 32.7. The van der Waals surface area contributed by atoms with Crippen molar-refractivity contribution in [1.29, 1.82) is 0 Å². The van der Waals surface area contributed by atoms with Gasteiger partial charge >= 0.3 is 51.4 Å². The maximum absolute atomic E-state index is 5.57. The zero-order valence-electron chi connectivity index (χ0n) is 16.7. The number of aromatic nitrogens is 2. The fourth-order valence-corrected chi connectivity index (χ4v) is 2.79. The molecule has 1 aliphatic rings. The Labute approximate surface area is 215 Å². The molecule has 0 amide bonds. The molecule has 0 radical (unpaired) electrons. The molecule has 0 spiro atoms. The monoisotopic (exact) mass is 405 g/mol. The van der Waals surface area contributed by atoms with Crippen LogP contribution in [0.2, 0.25) is 0 Å². The molecule has 0 unspecified atom stereocenters. The number of hydrogen-bond acceptors (Lipinski definition) is 2. The van der Waals surface area contributed by atoms with E-state index in [1.165, 1.54) is 24.1 Å². The van der Waals surface area contributed by atoms with Crippen molar-refractivity contribution in [2.75, 3.05) is 0 Å². The summed E-state index contributed by atoms with van der Waals surface area (Å²) in [5.41, 5.74) is 3.45. The normalized spacial score (nSPS) is 12.3. The number of ether oxygens (including phenoxy) is 1. The smallest absolute Gasteiger partial charge is 0.514 e. The molecule has 29 heavy (non-hydrogen) atoms. The molecular formula is C25H22KN2O-. The van der Waals surface area contributed by atoms with Gasteiger partial charge in [0.1, 0.15) is 6.61 Å². The van der Waals surface area contributed by atoms with Crippen molar-refractivity contribution in [3.63, 3.8) is 0 Å². The third kappa shape index (κ3) is 6.94. The van der Waals surface area contributed by atoms with Gasteiger partial charge in [-0.25, -0.2) is 0 Å². The summed E-state index contributed by atoms with van der Waals surface area (Å²) < 4.78 is 7.40. The van der Waals surface area contributed by atoms with Gasteiger partial charge in [-0.3, -0.25) is 5.10 Å². The maximum Gasteiger partial charge on any atom is 1.00 e. The topological polar surface area (TPSA) is 27.1 Å². The quantitative estimate of drug-likeness (QED) is 0.377. The fraction of sp³-hybridized carbons (Fsp3) is 0.160. The summed E-state index contributed by atoms with van der Waals surface area (Å²) >= 11 is 0. The van der Waals surface area contributed by atoms with E-state index >= 15 is 0 Å². The van der Waals surface area contributed by atoms with Crippen LogP contribution in [0.3, 0.4) is 0 Å². The van der Waals surface area contributed by atoms with Gasteiger partial charge in [-0.05, 0) is 22.9 Å². The minimum Gasteiger partial charge on any atom is -0.514 e. The SMILES string of the molecule is [K+].[c-]1cc(C2CC2)nn1-c1ccccc1.[c-]1ccc(OCc2ccccc2)cc1. The van der Waals surface area contributed by atoms with Gasteiger partial charge in [-0.2, -0.15) is 18.2 Å². The van der Waals surface area contributed by atoms with Crippen molar-refractivity contribution in [2.24, 2.45) is 0 Å².